The van der Waals surface area contributed by atoms with Crippen LogP contribution in [0.5, 0.6) is 5.75 Å². The van der Waals surface area contributed by atoms with E-state index < -0.39 is 0 Å². The van der Waals surface area contributed by atoms with Crippen molar-refractivity contribution in [1.82, 2.24) is 4.90 Å². The predicted octanol–water partition coefficient (Wildman–Crippen LogP) is 3.75. The maximum absolute atomic E-state index is 13.0. The van der Waals surface area contributed by atoms with Gasteiger partial charge < -0.3 is 9.64 Å². The Balaban J connectivity index is 2.23. The van der Waals surface area contributed by atoms with Gasteiger partial charge in [-0.15, -0.1) is 0 Å². The summed E-state index contributed by atoms with van der Waals surface area (Å²) >= 11 is 0. The molecule has 27 heavy (non-hydrogen) atoms. The topological polar surface area (TPSA) is 70.4 Å². The lowest BCUT2D eigenvalue weighted by Gasteiger charge is -2.27. The molecule has 0 bridgehead atoms. The van der Waals surface area contributed by atoms with E-state index in [0.29, 0.717) is 29.0 Å². The second kappa shape index (κ2) is 9.00. The zero-order chi connectivity index (χ0) is 20.0. The van der Waals surface area contributed by atoms with Gasteiger partial charge in [-0.2, -0.15) is 5.26 Å². The summed E-state index contributed by atoms with van der Waals surface area (Å²) in [4.78, 5) is 26.4. The highest BCUT2D eigenvalue weighted by atomic mass is 16.5. The lowest BCUT2D eigenvalue weighted by atomic mass is 10.0. The first-order chi connectivity index (χ1) is 12.8. The van der Waals surface area contributed by atoms with Crippen LogP contribution in [0.2, 0.25) is 0 Å². The van der Waals surface area contributed by atoms with Gasteiger partial charge in [0.15, 0.2) is 5.78 Å². The highest BCUT2D eigenvalue weighted by Crippen LogP contribution is 2.22. The van der Waals surface area contributed by atoms with E-state index in [-0.39, 0.29) is 24.2 Å². The van der Waals surface area contributed by atoms with Gasteiger partial charge in [0.2, 0.25) is 5.91 Å². The van der Waals surface area contributed by atoms with Gasteiger partial charge in [-0.1, -0.05) is 12.1 Å². The van der Waals surface area contributed by atoms with Crippen molar-refractivity contribution in [3.63, 3.8) is 0 Å². The Morgan fingerprint density at radius 3 is 2.33 bits per heavy atom. The molecule has 0 saturated heterocycles. The minimum Gasteiger partial charge on any atom is -0.496 e. The summed E-state index contributed by atoms with van der Waals surface area (Å²) in [7, 11) is 1.55. The van der Waals surface area contributed by atoms with Gasteiger partial charge in [0, 0.05) is 23.7 Å². The molecule has 0 unspecified atom stereocenters. The molecule has 0 heterocycles. The summed E-state index contributed by atoms with van der Waals surface area (Å²) in [6.45, 7) is 5.88. The Kier molecular flexibility index (Phi) is 6.73. The minimum atomic E-state index is -0.0512. The average Bonchev–Trinajstić information content (AvgIpc) is 2.66. The molecule has 5 heteroatoms. The quantitative estimate of drug-likeness (QED) is 0.702. The van der Waals surface area contributed by atoms with Gasteiger partial charge >= 0.3 is 0 Å². The molecule has 0 aliphatic carbocycles. The third-order valence-corrected chi connectivity index (χ3v) is 4.41. The molecule has 0 aromatic heterocycles. The highest BCUT2D eigenvalue weighted by Gasteiger charge is 2.20. The number of Topliss-reactive ketones (excluding diaryl/α,β-unsaturated/α-hetero) is 1. The number of amides is 1. The molecule has 2 aromatic carbocycles. The van der Waals surface area contributed by atoms with Gasteiger partial charge in [0.25, 0.3) is 0 Å². The molecule has 5 nitrogen and oxygen atoms in total. The molecular formula is C22H24N2O3. The number of hydrogen-bond donors (Lipinski definition) is 0. The van der Waals surface area contributed by atoms with E-state index >= 15 is 0 Å². The van der Waals surface area contributed by atoms with E-state index in [2.05, 4.69) is 6.07 Å². The smallest absolute Gasteiger partial charge is 0.227 e. The Bertz CT molecular complexity index is 864. The molecule has 0 radical (unpaired) electrons. The van der Waals surface area contributed by atoms with Crippen molar-refractivity contribution >= 4 is 11.7 Å². The summed E-state index contributed by atoms with van der Waals surface area (Å²) in [6.07, 6.45) is 0.152. The van der Waals surface area contributed by atoms with Crippen molar-refractivity contribution in [2.75, 3.05) is 7.11 Å². The first-order valence-electron chi connectivity index (χ1n) is 8.82. The number of hydrogen-bond acceptors (Lipinski definition) is 4. The van der Waals surface area contributed by atoms with Gasteiger partial charge in [0.05, 0.1) is 25.2 Å². The minimum absolute atomic E-state index is 0.00938. The van der Waals surface area contributed by atoms with Crippen molar-refractivity contribution < 1.29 is 14.3 Å². The van der Waals surface area contributed by atoms with Crippen LogP contribution in [0.25, 0.3) is 0 Å². The lowest BCUT2D eigenvalue weighted by molar-refractivity contribution is -0.132. The summed E-state index contributed by atoms with van der Waals surface area (Å²) < 4.78 is 5.35. The second-order valence-electron chi connectivity index (χ2n) is 6.68. The van der Waals surface area contributed by atoms with Crippen LogP contribution in [0.1, 0.15) is 47.8 Å². The number of nitriles is 1. The molecule has 1 amide bonds. The van der Waals surface area contributed by atoms with Crippen LogP contribution in [-0.2, 0) is 17.8 Å². The van der Waals surface area contributed by atoms with Crippen molar-refractivity contribution in [1.29, 1.82) is 5.26 Å². The third kappa shape index (κ3) is 5.18. The number of ketones is 1. The van der Waals surface area contributed by atoms with Crippen molar-refractivity contribution in [3.05, 3.63) is 64.7 Å². The average molecular weight is 364 g/mol. The van der Waals surface area contributed by atoms with E-state index in [1.54, 1.807) is 42.3 Å². The zero-order valence-electron chi connectivity index (χ0n) is 16.2. The molecule has 2 rings (SSSR count). The summed E-state index contributed by atoms with van der Waals surface area (Å²) in [5, 5.41) is 8.91. The van der Waals surface area contributed by atoms with Gasteiger partial charge in [0.1, 0.15) is 5.75 Å². The molecule has 0 fully saturated rings. The molecular weight excluding hydrogens is 340 g/mol. The van der Waals surface area contributed by atoms with Crippen LogP contribution >= 0.6 is 0 Å². The number of nitrogens with zero attached hydrogens (tertiary/aromatic N) is 2. The van der Waals surface area contributed by atoms with Crippen molar-refractivity contribution in [3.8, 4) is 11.8 Å². The van der Waals surface area contributed by atoms with Gasteiger partial charge in [-0.05, 0) is 56.7 Å². The molecule has 0 N–H and O–H groups in total. The molecule has 0 saturated carbocycles. The fraction of sp³-hybridized carbons (Fsp3) is 0.318. The molecule has 2 aromatic rings. The number of methoxy groups -OCH3 is 1. The summed E-state index contributed by atoms with van der Waals surface area (Å²) in [5.74, 6) is 0.494. The zero-order valence-corrected chi connectivity index (χ0v) is 16.2. The molecule has 0 atom stereocenters. The largest absolute Gasteiger partial charge is 0.496 e. The Hall–Kier alpha value is -3.13. The Morgan fingerprint density at radius 1 is 1.15 bits per heavy atom. The fourth-order valence-corrected chi connectivity index (χ4v) is 2.84. The van der Waals surface area contributed by atoms with E-state index in [1.165, 1.54) is 6.92 Å². The van der Waals surface area contributed by atoms with Gasteiger partial charge in [-0.3, -0.25) is 9.59 Å². The molecule has 0 aliphatic heterocycles. The van der Waals surface area contributed by atoms with Crippen molar-refractivity contribution in [2.45, 2.75) is 39.8 Å². The monoisotopic (exact) mass is 364 g/mol. The van der Waals surface area contributed by atoms with E-state index in [9.17, 15) is 9.59 Å². The number of rotatable bonds is 7. The van der Waals surface area contributed by atoms with E-state index in [1.807, 2.05) is 26.0 Å². The molecule has 0 aliphatic rings. The second-order valence-corrected chi connectivity index (χ2v) is 6.68. The maximum atomic E-state index is 13.0. The number of benzene rings is 2. The Labute approximate surface area is 160 Å². The summed E-state index contributed by atoms with van der Waals surface area (Å²) in [6, 6.07) is 14.5. The van der Waals surface area contributed by atoms with Crippen LogP contribution in [0.15, 0.2) is 42.5 Å². The maximum Gasteiger partial charge on any atom is 0.227 e. The first kappa shape index (κ1) is 20.2. The highest BCUT2D eigenvalue weighted by molar-refractivity contribution is 5.94. The normalized spacial score (nSPS) is 10.4. The van der Waals surface area contributed by atoms with E-state index in [0.717, 1.165) is 5.56 Å². The van der Waals surface area contributed by atoms with Crippen LogP contribution in [0.4, 0.5) is 0 Å². The van der Waals surface area contributed by atoms with Crippen molar-refractivity contribution in [2.24, 2.45) is 0 Å². The SMILES string of the molecule is COc1ccc(C(C)=O)cc1CC(=O)N(Cc1ccc(C#N)cc1)C(C)C. The van der Waals surface area contributed by atoms with E-state index in [4.69, 9.17) is 10.00 Å². The van der Waals surface area contributed by atoms with Crippen LogP contribution < -0.4 is 4.74 Å². The number of carbonyl (C=O) groups is 2. The molecule has 140 valence electrons. The van der Waals surface area contributed by atoms with Gasteiger partial charge in [-0.25, -0.2) is 0 Å². The van der Waals surface area contributed by atoms with Crippen LogP contribution in [0.3, 0.4) is 0 Å². The number of carbonyl (C=O) groups excluding carboxylic acids is 2. The molecule has 0 spiro atoms. The Morgan fingerprint density at radius 2 is 1.81 bits per heavy atom. The number of ether oxygens (including phenoxy) is 1. The van der Waals surface area contributed by atoms with Crippen LogP contribution in [-0.4, -0.2) is 29.7 Å². The standard InChI is InChI=1S/C22H24N2O3/c1-15(2)24(14-18-7-5-17(13-23)6-8-18)22(26)12-20-11-19(16(3)25)9-10-21(20)27-4/h5-11,15H,12,14H2,1-4H3. The fourth-order valence-electron chi connectivity index (χ4n) is 2.84. The first-order valence-corrected chi connectivity index (χ1v) is 8.82. The third-order valence-electron chi connectivity index (χ3n) is 4.41. The van der Waals surface area contributed by atoms with Crippen LogP contribution in [0, 0.1) is 11.3 Å². The summed E-state index contributed by atoms with van der Waals surface area (Å²) in [5.41, 5.74) is 2.80. The lowest BCUT2D eigenvalue weighted by Crippen LogP contribution is -2.37. The predicted molar refractivity (Wildman–Crippen MR) is 104 cm³/mol.